The Morgan fingerprint density at radius 1 is 1.36 bits per heavy atom. The molecule has 1 aromatic rings. The van der Waals surface area contributed by atoms with Crippen LogP contribution >= 0.6 is 0 Å². The fourth-order valence-corrected chi connectivity index (χ4v) is 3.17. The van der Waals surface area contributed by atoms with Gasteiger partial charge in [-0.05, 0) is 58.6 Å². The molecule has 2 rings (SSSR count). The molecule has 0 aliphatic heterocycles. The molecule has 1 aliphatic carbocycles. The lowest BCUT2D eigenvalue weighted by molar-refractivity contribution is 0.0324. The van der Waals surface area contributed by atoms with Gasteiger partial charge >= 0.3 is 5.97 Å². The van der Waals surface area contributed by atoms with E-state index in [1.807, 2.05) is 25.1 Å². The maximum atomic E-state index is 12.0. The third kappa shape index (κ3) is 4.09. The summed E-state index contributed by atoms with van der Waals surface area (Å²) in [6.45, 7) is 10.4. The van der Waals surface area contributed by atoms with Crippen LogP contribution in [-0.4, -0.2) is 12.1 Å². The quantitative estimate of drug-likeness (QED) is 0.525. The minimum atomic E-state index is -0.235. The fourth-order valence-electron chi connectivity index (χ4n) is 3.17. The van der Waals surface area contributed by atoms with E-state index >= 15 is 0 Å². The van der Waals surface area contributed by atoms with Gasteiger partial charge in [0.25, 0.3) is 0 Å². The normalized spacial score (nSPS) is 19.1. The molecule has 1 aliphatic rings. The van der Waals surface area contributed by atoms with Gasteiger partial charge in [-0.3, -0.25) is 0 Å². The molecule has 0 radical (unpaired) electrons. The molecule has 0 bridgehead atoms. The third-order valence-electron chi connectivity index (χ3n) is 4.51. The minimum absolute atomic E-state index is 0.0700. The van der Waals surface area contributed by atoms with E-state index in [2.05, 4.69) is 20.4 Å². The van der Waals surface area contributed by atoms with Crippen LogP contribution in [0.1, 0.15) is 56.8 Å². The second-order valence-corrected chi connectivity index (χ2v) is 6.36. The highest BCUT2D eigenvalue weighted by atomic mass is 16.5. The van der Waals surface area contributed by atoms with Gasteiger partial charge in [-0.1, -0.05) is 41.5 Å². The van der Waals surface area contributed by atoms with Gasteiger partial charge in [0.05, 0.1) is 11.7 Å². The van der Waals surface area contributed by atoms with Crippen LogP contribution in [0.25, 0.3) is 0 Å². The lowest BCUT2D eigenvalue weighted by Crippen LogP contribution is -2.16. The summed E-state index contributed by atoms with van der Waals surface area (Å²) in [5.41, 5.74) is 4.87. The Morgan fingerprint density at radius 3 is 2.68 bits per heavy atom. The third-order valence-corrected chi connectivity index (χ3v) is 4.51. The number of carbonyl (C=O) groups excluding carboxylic acids is 1. The molecule has 2 atom stereocenters. The average molecular weight is 298 g/mol. The van der Waals surface area contributed by atoms with Crippen molar-refractivity contribution >= 4 is 5.97 Å². The summed E-state index contributed by atoms with van der Waals surface area (Å²) in [5.74, 6) is 0.290. The smallest absolute Gasteiger partial charge is 0.338 e. The Labute approximate surface area is 133 Å². The molecule has 0 aromatic heterocycles. The van der Waals surface area contributed by atoms with E-state index < -0.39 is 0 Å². The highest BCUT2D eigenvalue weighted by Crippen LogP contribution is 2.38. The Bertz CT molecular complexity index is 569. The van der Waals surface area contributed by atoms with Gasteiger partial charge in [-0.2, -0.15) is 0 Å². The van der Waals surface area contributed by atoms with Crippen molar-refractivity contribution in [3.63, 3.8) is 0 Å². The van der Waals surface area contributed by atoms with Gasteiger partial charge in [0.1, 0.15) is 0 Å². The molecular formula is C20H26O2. The van der Waals surface area contributed by atoms with Gasteiger partial charge in [0.15, 0.2) is 0 Å². The number of allylic oxidation sites excluding steroid dienone is 3. The zero-order chi connectivity index (χ0) is 16.1. The average Bonchev–Trinajstić information content (AvgIpc) is 2.87. The van der Waals surface area contributed by atoms with Crippen molar-refractivity contribution in [2.45, 2.75) is 52.6 Å². The summed E-state index contributed by atoms with van der Waals surface area (Å²) in [6.07, 6.45) is 4.15. The van der Waals surface area contributed by atoms with E-state index in [4.69, 9.17) is 4.74 Å². The molecule has 0 fully saturated rings. The lowest BCUT2D eigenvalue weighted by atomic mass is 9.90. The van der Waals surface area contributed by atoms with Crippen LogP contribution in [0.15, 0.2) is 53.6 Å². The van der Waals surface area contributed by atoms with Gasteiger partial charge in [0, 0.05) is 5.92 Å². The monoisotopic (exact) mass is 298 g/mol. The zero-order valence-corrected chi connectivity index (χ0v) is 13.9. The fraction of sp³-hybridized carbons (Fsp3) is 0.450. The van der Waals surface area contributed by atoms with Crippen LogP contribution in [0, 0.1) is 5.92 Å². The van der Waals surface area contributed by atoms with Crippen LogP contribution < -0.4 is 0 Å². The maximum Gasteiger partial charge on any atom is 0.338 e. The Balaban J connectivity index is 1.88. The largest absolute Gasteiger partial charge is 0.459 e. The summed E-state index contributed by atoms with van der Waals surface area (Å²) >= 11 is 0. The summed E-state index contributed by atoms with van der Waals surface area (Å²) in [6, 6.07) is 9.18. The summed E-state index contributed by atoms with van der Waals surface area (Å²) in [7, 11) is 0. The molecule has 1 aromatic carbocycles. The number of rotatable bonds is 6. The van der Waals surface area contributed by atoms with Crippen LogP contribution in [0.2, 0.25) is 0 Å². The molecule has 0 amide bonds. The molecular weight excluding hydrogens is 272 g/mol. The maximum absolute atomic E-state index is 12.0. The Morgan fingerprint density at radius 2 is 2.05 bits per heavy atom. The molecule has 118 valence electrons. The van der Waals surface area contributed by atoms with Crippen LogP contribution in [0.4, 0.5) is 0 Å². The second-order valence-electron chi connectivity index (χ2n) is 6.36. The first-order valence-corrected chi connectivity index (χ1v) is 8.09. The van der Waals surface area contributed by atoms with E-state index in [0.29, 0.717) is 11.5 Å². The van der Waals surface area contributed by atoms with Crippen molar-refractivity contribution in [2.75, 3.05) is 0 Å². The predicted molar refractivity (Wildman–Crippen MR) is 90.8 cm³/mol. The predicted octanol–water partition coefficient (Wildman–Crippen LogP) is 5.31. The van der Waals surface area contributed by atoms with E-state index in [9.17, 15) is 4.79 Å². The topological polar surface area (TPSA) is 26.3 Å². The van der Waals surface area contributed by atoms with Crippen molar-refractivity contribution < 1.29 is 9.53 Å². The van der Waals surface area contributed by atoms with Gasteiger partial charge in [-0.25, -0.2) is 4.79 Å². The minimum Gasteiger partial charge on any atom is -0.459 e. The highest BCUT2D eigenvalue weighted by Gasteiger charge is 2.24. The van der Waals surface area contributed by atoms with Crippen LogP contribution in [0.5, 0.6) is 0 Å². The molecule has 0 N–H and O–H groups in total. The number of hydrogen-bond acceptors (Lipinski definition) is 2. The van der Waals surface area contributed by atoms with Crippen molar-refractivity contribution in [3.05, 3.63) is 59.2 Å². The van der Waals surface area contributed by atoms with Crippen LogP contribution in [-0.2, 0) is 4.74 Å². The van der Waals surface area contributed by atoms with Crippen LogP contribution in [0.3, 0.4) is 0 Å². The van der Waals surface area contributed by atoms with Crippen molar-refractivity contribution in [3.8, 4) is 0 Å². The first kappa shape index (κ1) is 16.5. The number of carbonyl (C=O) groups is 1. The molecule has 2 heteroatoms. The van der Waals surface area contributed by atoms with Gasteiger partial charge < -0.3 is 4.74 Å². The SMILES string of the molecule is C=C(C)C1CCC(C)=C1CCC(C)OC(=O)c1ccccc1. The number of benzene rings is 1. The lowest BCUT2D eigenvalue weighted by Gasteiger charge is -2.18. The van der Waals surface area contributed by atoms with Gasteiger partial charge in [-0.15, -0.1) is 0 Å². The molecule has 0 saturated carbocycles. The molecule has 0 saturated heterocycles. The number of hydrogen-bond donors (Lipinski definition) is 0. The standard InChI is InChI=1S/C20H26O2/c1-14(2)18-12-10-15(3)19(18)13-11-16(4)22-20(21)17-8-6-5-7-9-17/h5-9,16,18H,1,10-13H2,2-4H3. The molecule has 0 heterocycles. The van der Waals surface area contributed by atoms with Crippen molar-refractivity contribution in [1.29, 1.82) is 0 Å². The van der Waals surface area contributed by atoms with E-state index in [1.165, 1.54) is 29.6 Å². The van der Waals surface area contributed by atoms with E-state index in [0.717, 1.165) is 12.8 Å². The molecule has 0 spiro atoms. The Hall–Kier alpha value is -1.83. The van der Waals surface area contributed by atoms with Crippen molar-refractivity contribution in [2.24, 2.45) is 5.92 Å². The summed E-state index contributed by atoms with van der Waals surface area (Å²) in [5, 5.41) is 0. The van der Waals surface area contributed by atoms with E-state index in [1.54, 1.807) is 12.1 Å². The second kappa shape index (κ2) is 7.44. The van der Waals surface area contributed by atoms with E-state index in [-0.39, 0.29) is 12.1 Å². The number of ether oxygens (including phenoxy) is 1. The zero-order valence-electron chi connectivity index (χ0n) is 13.9. The Kier molecular flexibility index (Phi) is 5.59. The first-order valence-electron chi connectivity index (χ1n) is 8.09. The number of esters is 1. The first-order chi connectivity index (χ1) is 10.5. The summed E-state index contributed by atoms with van der Waals surface area (Å²) < 4.78 is 5.54. The highest BCUT2D eigenvalue weighted by molar-refractivity contribution is 5.89. The van der Waals surface area contributed by atoms with Crippen molar-refractivity contribution in [1.82, 2.24) is 0 Å². The molecule has 2 unspecified atom stereocenters. The summed E-state index contributed by atoms with van der Waals surface area (Å²) in [4.78, 5) is 12.0. The molecule has 2 nitrogen and oxygen atoms in total. The van der Waals surface area contributed by atoms with Gasteiger partial charge in [0.2, 0.25) is 0 Å². The molecule has 22 heavy (non-hydrogen) atoms.